The Hall–Kier alpha value is -1.03. The molecular formula is C11H18N3O14P3. The van der Waals surface area contributed by atoms with Gasteiger partial charge in [0.05, 0.1) is 13.2 Å². The van der Waals surface area contributed by atoms with Gasteiger partial charge in [0.2, 0.25) is 0 Å². The van der Waals surface area contributed by atoms with Crippen LogP contribution in [0.1, 0.15) is 12.6 Å². The van der Waals surface area contributed by atoms with E-state index in [0.717, 1.165) is 4.57 Å². The van der Waals surface area contributed by atoms with E-state index in [-0.39, 0.29) is 18.8 Å². The molecule has 2 aliphatic rings. The third-order valence-electron chi connectivity index (χ3n) is 4.36. The minimum Gasteiger partial charge on any atom is -0.387 e. The van der Waals surface area contributed by atoms with Gasteiger partial charge < -0.3 is 39.9 Å². The number of nitrogens with two attached hydrogens (primary N) is 1. The van der Waals surface area contributed by atoms with Crippen LogP contribution >= 0.6 is 23.5 Å². The van der Waals surface area contributed by atoms with Crippen LogP contribution in [0.3, 0.4) is 0 Å². The van der Waals surface area contributed by atoms with Crippen molar-refractivity contribution in [3.8, 4) is 0 Å². The van der Waals surface area contributed by atoms with Crippen LogP contribution in [-0.2, 0) is 36.3 Å². The molecule has 2 aliphatic heterocycles. The highest BCUT2D eigenvalue weighted by Gasteiger charge is 2.62. The van der Waals surface area contributed by atoms with E-state index >= 15 is 0 Å². The van der Waals surface area contributed by atoms with E-state index in [1.807, 2.05) is 0 Å². The minimum absolute atomic E-state index is 0.0624. The number of nitrogen functional groups attached to an aromatic ring is 1. The molecule has 0 bridgehead atoms. The molecule has 3 heterocycles. The Morgan fingerprint density at radius 1 is 1.23 bits per heavy atom. The second-order valence-electron chi connectivity index (χ2n) is 6.45. The molecular weight excluding hydrogens is 491 g/mol. The van der Waals surface area contributed by atoms with E-state index in [0.29, 0.717) is 0 Å². The Kier molecular flexibility index (Phi) is 6.66. The Balaban J connectivity index is 1.72. The van der Waals surface area contributed by atoms with Crippen molar-refractivity contribution < 1.29 is 61.0 Å². The zero-order valence-electron chi connectivity index (χ0n) is 15.2. The number of nitrogens with zero attached hydrogens (tertiary/aromatic N) is 2. The first-order chi connectivity index (χ1) is 14.1. The lowest BCUT2D eigenvalue weighted by Crippen LogP contribution is -2.57. The van der Waals surface area contributed by atoms with Gasteiger partial charge in [-0.15, -0.1) is 0 Å². The van der Waals surface area contributed by atoms with Gasteiger partial charge in [-0.3, -0.25) is 9.09 Å². The predicted molar refractivity (Wildman–Crippen MR) is 95.9 cm³/mol. The highest BCUT2D eigenvalue weighted by molar-refractivity contribution is 7.66. The molecule has 1 aromatic rings. The summed E-state index contributed by atoms with van der Waals surface area (Å²) in [5.74, 6) is -0.0624. The molecule has 0 saturated carbocycles. The van der Waals surface area contributed by atoms with E-state index in [9.17, 15) is 28.5 Å². The van der Waals surface area contributed by atoms with Crippen molar-refractivity contribution in [2.24, 2.45) is 0 Å². The number of rotatable bonds is 8. The first-order valence-corrected chi connectivity index (χ1v) is 12.8. The van der Waals surface area contributed by atoms with Crippen LogP contribution in [0, 0.1) is 0 Å². The summed E-state index contributed by atoms with van der Waals surface area (Å²) in [4.78, 5) is 51.4. The van der Waals surface area contributed by atoms with Crippen molar-refractivity contribution in [2.45, 2.75) is 30.5 Å². The van der Waals surface area contributed by atoms with Crippen molar-refractivity contribution in [3.05, 3.63) is 22.7 Å². The zero-order chi connectivity index (χ0) is 23.2. The zero-order valence-corrected chi connectivity index (χ0v) is 17.9. The van der Waals surface area contributed by atoms with Gasteiger partial charge >= 0.3 is 29.2 Å². The monoisotopic (exact) mass is 509 g/mol. The van der Waals surface area contributed by atoms with E-state index < -0.39 is 59.8 Å². The maximum atomic E-state index is 12.1. The fourth-order valence-corrected chi connectivity index (χ4v) is 6.12. The second-order valence-corrected chi connectivity index (χ2v) is 10.9. The lowest BCUT2D eigenvalue weighted by molar-refractivity contribution is -0.227. The molecule has 1 aromatic heterocycles. The van der Waals surface area contributed by atoms with E-state index in [2.05, 4.69) is 18.1 Å². The molecule has 0 aromatic carbocycles. The van der Waals surface area contributed by atoms with Crippen molar-refractivity contribution in [2.75, 3.05) is 18.9 Å². The van der Waals surface area contributed by atoms with Gasteiger partial charge in [-0.2, -0.15) is 13.6 Å². The van der Waals surface area contributed by atoms with Crippen LogP contribution in [0.15, 0.2) is 17.1 Å². The summed E-state index contributed by atoms with van der Waals surface area (Å²) in [5, 5.41) is 10.6. The number of ether oxygens (including phenoxy) is 2. The van der Waals surface area contributed by atoms with Crippen LogP contribution in [0.4, 0.5) is 5.82 Å². The molecule has 6 atom stereocenters. The molecule has 2 fully saturated rings. The normalized spacial score (nSPS) is 32.4. The first-order valence-electron chi connectivity index (χ1n) is 8.25. The van der Waals surface area contributed by atoms with Gasteiger partial charge in [-0.25, -0.2) is 18.5 Å². The number of phosphoric ester groups is 1. The molecule has 3 rings (SSSR count). The van der Waals surface area contributed by atoms with E-state index in [1.165, 1.54) is 12.3 Å². The Morgan fingerprint density at radius 3 is 2.39 bits per heavy atom. The number of aliphatic hydroxyl groups is 1. The van der Waals surface area contributed by atoms with Crippen molar-refractivity contribution in [1.29, 1.82) is 0 Å². The Morgan fingerprint density at radius 2 is 1.87 bits per heavy atom. The van der Waals surface area contributed by atoms with Crippen molar-refractivity contribution >= 4 is 29.3 Å². The molecule has 2 unspecified atom stereocenters. The maximum absolute atomic E-state index is 12.1. The lowest BCUT2D eigenvalue weighted by Gasteiger charge is -2.44. The van der Waals surface area contributed by atoms with E-state index in [4.69, 9.17) is 29.9 Å². The number of hydrogen-bond acceptors (Lipinski definition) is 12. The third kappa shape index (κ3) is 5.49. The predicted octanol–water partition coefficient (Wildman–Crippen LogP) is -1.41. The molecule has 1 spiro atoms. The fourth-order valence-electron chi connectivity index (χ4n) is 3.09. The summed E-state index contributed by atoms with van der Waals surface area (Å²) in [5.41, 5.74) is 3.21. The fraction of sp³-hybridized carbons (Fsp3) is 0.636. The maximum Gasteiger partial charge on any atom is 0.490 e. The molecule has 7 N–H and O–H groups in total. The molecule has 176 valence electrons. The number of anilines is 1. The van der Waals surface area contributed by atoms with Crippen LogP contribution in [-0.4, -0.2) is 65.3 Å². The van der Waals surface area contributed by atoms with Crippen LogP contribution < -0.4 is 11.4 Å². The second kappa shape index (κ2) is 8.39. The number of hydrogen-bond donors (Lipinski definition) is 6. The van der Waals surface area contributed by atoms with Gasteiger partial charge in [0.1, 0.15) is 23.6 Å². The number of aliphatic hydroxyl groups excluding tert-OH is 1. The first kappa shape index (κ1) is 24.6. The van der Waals surface area contributed by atoms with Crippen molar-refractivity contribution in [1.82, 2.24) is 9.55 Å². The Labute approximate surface area is 172 Å². The molecule has 20 heteroatoms. The summed E-state index contributed by atoms with van der Waals surface area (Å²) < 4.78 is 57.5. The lowest BCUT2D eigenvalue weighted by atomic mass is 9.86. The van der Waals surface area contributed by atoms with Gasteiger partial charge in [-0.05, 0) is 6.07 Å². The van der Waals surface area contributed by atoms with Crippen LogP contribution in [0.5, 0.6) is 0 Å². The van der Waals surface area contributed by atoms with E-state index in [1.54, 1.807) is 0 Å². The van der Waals surface area contributed by atoms with Crippen molar-refractivity contribution in [3.63, 3.8) is 0 Å². The standard InChI is InChI=1S/C11H18N3O14P3/c12-7-1-3-14(10(16)13-7)9-11(2-4-24-11)8(15)6(26-9)5-25-30(20,21)28-31(22,23)27-29(17,18)19/h1,3,6,8-9,15H,2,4-5H2,(H,20,21)(H,22,23)(H2,12,13,16)(H2,17,18,19)/t6-,8-,9-,11-/m1/s1. The SMILES string of the molecule is Nc1ccn([C@@H]2O[C@H](COP(=O)(O)OP(=O)(O)OP(=O)(O)O)[C@@H](O)[C@]23CCO3)c(=O)n1. The molecule has 0 aliphatic carbocycles. The smallest absolute Gasteiger partial charge is 0.387 e. The van der Waals surface area contributed by atoms with Crippen LogP contribution in [0.2, 0.25) is 0 Å². The van der Waals surface area contributed by atoms with Crippen LogP contribution in [0.25, 0.3) is 0 Å². The third-order valence-corrected chi connectivity index (χ3v) is 8.16. The average molecular weight is 509 g/mol. The summed E-state index contributed by atoms with van der Waals surface area (Å²) in [6, 6.07) is 1.29. The van der Waals surface area contributed by atoms with Gasteiger partial charge in [0.15, 0.2) is 6.23 Å². The molecule has 0 amide bonds. The summed E-state index contributed by atoms with van der Waals surface area (Å²) in [7, 11) is -16.7. The largest absolute Gasteiger partial charge is 0.490 e. The number of aromatic nitrogens is 2. The highest BCUT2D eigenvalue weighted by Crippen LogP contribution is 2.66. The highest BCUT2D eigenvalue weighted by atomic mass is 31.3. The molecule has 31 heavy (non-hydrogen) atoms. The number of phosphoric acid groups is 3. The van der Waals surface area contributed by atoms with Gasteiger partial charge in [0, 0.05) is 12.6 Å². The topological polar surface area (TPSA) is 259 Å². The minimum atomic E-state index is -5.70. The average Bonchev–Trinajstić information content (AvgIpc) is 2.82. The molecule has 0 radical (unpaired) electrons. The van der Waals surface area contributed by atoms with Gasteiger partial charge in [-0.1, -0.05) is 0 Å². The molecule has 2 saturated heterocycles. The summed E-state index contributed by atoms with van der Waals surface area (Å²) in [6.45, 7) is -0.694. The molecule has 17 nitrogen and oxygen atoms in total. The summed E-state index contributed by atoms with van der Waals surface area (Å²) in [6.07, 6.45) is -2.61. The quantitative estimate of drug-likeness (QED) is 0.220. The Bertz CT molecular complexity index is 1040. The summed E-state index contributed by atoms with van der Waals surface area (Å²) >= 11 is 0. The van der Waals surface area contributed by atoms with Gasteiger partial charge in [0.25, 0.3) is 0 Å².